The summed E-state index contributed by atoms with van der Waals surface area (Å²) in [5.41, 5.74) is 4.58. The van der Waals surface area contributed by atoms with E-state index >= 15 is 0 Å². The number of unbranched alkanes of at least 4 members (excludes halogenated alkanes) is 2. The molecule has 27 heavy (non-hydrogen) atoms. The molecule has 1 aromatic carbocycles. The van der Waals surface area contributed by atoms with Crippen molar-refractivity contribution in [3.05, 3.63) is 23.5 Å². The maximum absolute atomic E-state index is 13.7. The molecule has 3 atom stereocenters. The second kappa shape index (κ2) is 8.85. The molecular weight excluding hydrogens is 359 g/mol. The number of esters is 1. The molecule has 4 nitrogen and oxygen atoms in total. The first-order chi connectivity index (χ1) is 13.0. The van der Waals surface area contributed by atoms with Crippen LogP contribution in [0.15, 0.2) is 6.07 Å². The third-order valence-corrected chi connectivity index (χ3v) is 5.62. The number of nitrogens with two attached hydrogens (primary N) is 1. The number of anilines is 1. The lowest BCUT2D eigenvalue weighted by Crippen LogP contribution is -2.37. The van der Waals surface area contributed by atoms with Crippen molar-refractivity contribution in [2.24, 2.45) is 11.8 Å². The van der Waals surface area contributed by atoms with Crippen LogP contribution in [0.2, 0.25) is 0 Å². The Morgan fingerprint density at radius 3 is 2.70 bits per heavy atom. The number of carbonyl (C=O) groups excluding carboxylic acids is 1. The zero-order valence-electron chi connectivity index (χ0n) is 15.3. The molecule has 1 aliphatic heterocycles. The zero-order valence-corrected chi connectivity index (χ0v) is 15.3. The summed E-state index contributed by atoms with van der Waals surface area (Å²) in [6.07, 6.45) is 8.19. The van der Waals surface area contributed by atoms with E-state index in [9.17, 15) is 18.0 Å². The van der Waals surface area contributed by atoms with Crippen molar-refractivity contribution < 1.29 is 27.4 Å². The Labute approximate surface area is 157 Å². The smallest absolute Gasteiger partial charge is 0.309 e. The van der Waals surface area contributed by atoms with Gasteiger partial charge in [0.2, 0.25) is 5.82 Å². The molecule has 2 aliphatic rings. The standard InChI is InChI=1S/C20H26F3NO3/c21-14-11-15(24)17(22)18(23)19(14)26-9-5-1-2-8-16-12-6-3-4-7-13(10-12)20(25)27-16/h11-13,16H,1-10,24H2. The lowest BCUT2D eigenvalue weighted by atomic mass is 9.84. The van der Waals surface area contributed by atoms with Crippen molar-refractivity contribution >= 4 is 11.7 Å². The lowest BCUT2D eigenvalue weighted by Gasteiger charge is -2.33. The Bertz CT molecular complexity index is 683. The third-order valence-electron chi connectivity index (χ3n) is 5.62. The molecule has 150 valence electrons. The fourth-order valence-corrected chi connectivity index (χ4v) is 4.11. The maximum Gasteiger partial charge on any atom is 0.309 e. The lowest BCUT2D eigenvalue weighted by molar-refractivity contribution is -0.166. The van der Waals surface area contributed by atoms with Gasteiger partial charge in [-0.05, 0) is 50.9 Å². The number of carbonyl (C=O) groups is 1. The highest BCUT2D eigenvalue weighted by Crippen LogP contribution is 2.38. The van der Waals surface area contributed by atoms with Crippen LogP contribution in [-0.4, -0.2) is 18.7 Å². The van der Waals surface area contributed by atoms with Crippen molar-refractivity contribution in [3.63, 3.8) is 0 Å². The molecule has 1 aromatic rings. The summed E-state index contributed by atoms with van der Waals surface area (Å²) >= 11 is 0. The molecule has 3 unspecified atom stereocenters. The van der Waals surface area contributed by atoms with Crippen molar-refractivity contribution in [1.29, 1.82) is 0 Å². The van der Waals surface area contributed by atoms with E-state index in [0.717, 1.165) is 51.4 Å². The van der Waals surface area contributed by atoms with Crippen LogP contribution in [0.5, 0.6) is 5.75 Å². The van der Waals surface area contributed by atoms with E-state index in [-0.39, 0.29) is 24.6 Å². The van der Waals surface area contributed by atoms with E-state index in [1.165, 1.54) is 0 Å². The van der Waals surface area contributed by atoms with Gasteiger partial charge in [-0.2, -0.15) is 4.39 Å². The summed E-state index contributed by atoms with van der Waals surface area (Å²) in [4.78, 5) is 12.0. The van der Waals surface area contributed by atoms with Crippen molar-refractivity contribution in [3.8, 4) is 5.75 Å². The average molecular weight is 385 g/mol. The molecule has 2 N–H and O–H groups in total. The van der Waals surface area contributed by atoms with Crippen molar-refractivity contribution in [2.75, 3.05) is 12.3 Å². The van der Waals surface area contributed by atoms with Crippen LogP contribution in [0.3, 0.4) is 0 Å². The molecular formula is C20H26F3NO3. The highest BCUT2D eigenvalue weighted by molar-refractivity contribution is 5.73. The van der Waals surface area contributed by atoms with Gasteiger partial charge in [-0.1, -0.05) is 12.8 Å². The minimum Gasteiger partial charge on any atom is -0.488 e. The van der Waals surface area contributed by atoms with Crippen LogP contribution < -0.4 is 10.5 Å². The number of halogens is 3. The van der Waals surface area contributed by atoms with E-state index in [0.29, 0.717) is 18.4 Å². The Balaban J connectivity index is 1.40. The minimum absolute atomic E-state index is 0.0196. The van der Waals surface area contributed by atoms with Gasteiger partial charge < -0.3 is 15.2 Å². The van der Waals surface area contributed by atoms with Gasteiger partial charge in [0, 0.05) is 6.07 Å². The summed E-state index contributed by atoms with van der Waals surface area (Å²) in [5.74, 6) is -3.97. The average Bonchev–Trinajstić information content (AvgIpc) is 2.86. The first-order valence-corrected chi connectivity index (χ1v) is 9.73. The van der Waals surface area contributed by atoms with Gasteiger partial charge in [0.15, 0.2) is 17.4 Å². The summed E-state index contributed by atoms with van der Waals surface area (Å²) in [6, 6.07) is 0.713. The monoisotopic (exact) mass is 385 g/mol. The number of hydrogen-bond donors (Lipinski definition) is 1. The molecule has 7 heteroatoms. The largest absolute Gasteiger partial charge is 0.488 e. The zero-order chi connectivity index (χ0) is 19.4. The van der Waals surface area contributed by atoms with Gasteiger partial charge in [-0.3, -0.25) is 4.79 Å². The van der Waals surface area contributed by atoms with E-state index in [2.05, 4.69) is 0 Å². The van der Waals surface area contributed by atoms with Crippen LogP contribution in [0.25, 0.3) is 0 Å². The molecule has 1 saturated heterocycles. The number of nitrogen functional groups attached to an aromatic ring is 1. The first-order valence-electron chi connectivity index (χ1n) is 9.73. The van der Waals surface area contributed by atoms with E-state index < -0.39 is 28.9 Å². The first kappa shape index (κ1) is 19.8. The third kappa shape index (κ3) is 4.68. The van der Waals surface area contributed by atoms with Crippen molar-refractivity contribution in [1.82, 2.24) is 0 Å². The number of benzene rings is 1. The Hall–Kier alpha value is -1.92. The molecule has 3 rings (SSSR count). The minimum atomic E-state index is -1.40. The summed E-state index contributed by atoms with van der Waals surface area (Å²) in [5, 5.41) is 0. The Morgan fingerprint density at radius 2 is 1.89 bits per heavy atom. The predicted octanol–water partition coefficient (Wildman–Crippen LogP) is 4.75. The van der Waals surface area contributed by atoms with Gasteiger partial charge in [0.25, 0.3) is 0 Å². The summed E-state index contributed by atoms with van der Waals surface area (Å²) < 4.78 is 51.4. The predicted molar refractivity (Wildman–Crippen MR) is 94.6 cm³/mol. The number of ether oxygens (including phenoxy) is 2. The molecule has 0 aromatic heterocycles. The van der Waals surface area contributed by atoms with Crippen LogP contribution in [0.1, 0.15) is 57.8 Å². The SMILES string of the molecule is Nc1cc(F)c(OCCCCCC2OC(=O)C3CCCCC2C3)c(F)c1F. The summed E-state index contributed by atoms with van der Waals surface area (Å²) in [7, 11) is 0. The molecule has 2 fully saturated rings. The maximum atomic E-state index is 13.7. The van der Waals surface area contributed by atoms with Gasteiger partial charge in [-0.25, -0.2) is 8.78 Å². The Kier molecular flexibility index (Phi) is 6.50. The van der Waals surface area contributed by atoms with Crippen LogP contribution in [0.4, 0.5) is 18.9 Å². The van der Waals surface area contributed by atoms with Gasteiger partial charge in [0.05, 0.1) is 18.2 Å². The molecule has 1 heterocycles. The number of hydrogen-bond acceptors (Lipinski definition) is 4. The Morgan fingerprint density at radius 1 is 1.11 bits per heavy atom. The number of rotatable bonds is 7. The van der Waals surface area contributed by atoms with Gasteiger partial charge >= 0.3 is 5.97 Å². The number of fused-ring (bicyclic) bond motifs is 2. The van der Waals surface area contributed by atoms with Crippen LogP contribution in [-0.2, 0) is 9.53 Å². The van der Waals surface area contributed by atoms with Gasteiger partial charge in [0.1, 0.15) is 6.10 Å². The molecule has 0 radical (unpaired) electrons. The van der Waals surface area contributed by atoms with E-state index in [4.69, 9.17) is 15.2 Å². The topological polar surface area (TPSA) is 61.6 Å². The van der Waals surface area contributed by atoms with Crippen molar-refractivity contribution in [2.45, 2.75) is 63.9 Å². The normalized spacial score (nSPS) is 25.0. The quantitative estimate of drug-likeness (QED) is 0.319. The molecule has 1 aliphatic carbocycles. The number of cyclic esters (lactones) is 1. The second-order valence-corrected chi connectivity index (χ2v) is 7.56. The fraction of sp³-hybridized carbons (Fsp3) is 0.650. The van der Waals surface area contributed by atoms with Gasteiger partial charge in [-0.15, -0.1) is 0 Å². The molecule has 0 spiro atoms. The second-order valence-electron chi connectivity index (χ2n) is 7.56. The highest BCUT2D eigenvalue weighted by Gasteiger charge is 2.38. The summed E-state index contributed by atoms with van der Waals surface area (Å²) in [6.45, 7) is 0.0765. The highest BCUT2D eigenvalue weighted by atomic mass is 19.2. The molecule has 2 bridgehead atoms. The van der Waals surface area contributed by atoms with Crippen LogP contribution in [0, 0.1) is 29.3 Å². The molecule has 0 amide bonds. The van der Waals surface area contributed by atoms with Crippen LogP contribution >= 0.6 is 0 Å². The van der Waals surface area contributed by atoms with E-state index in [1.54, 1.807) is 0 Å². The fourth-order valence-electron chi connectivity index (χ4n) is 4.11. The van der Waals surface area contributed by atoms with E-state index in [1.807, 2.05) is 0 Å². The molecule has 1 saturated carbocycles.